The summed E-state index contributed by atoms with van der Waals surface area (Å²) in [5, 5.41) is 0. The Kier molecular flexibility index (Phi) is 7.59. The smallest absolute Gasteiger partial charge is 0.338 e. The molecule has 0 radical (unpaired) electrons. The summed E-state index contributed by atoms with van der Waals surface area (Å²) in [7, 11) is 1.59. The van der Waals surface area contributed by atoms with Gasteiger partial charge in [0, 0.05) is 18.1 Å². The fourth-order valence-electron chi connectivity index (χ4n) is 2.88. The lowest BCUT2D eigenvalue weighted by Crippen LogP contribution is -2.34. The number of ether oxygens (including phenoxy) is 3. The standard InChI is InChI=1S/C24H24N2O5/c1-3-30-24(28)19-4-6-20(7-5-19)26(16-18-12-14-25-15-13-18)23(27)17-31-22-10-8-21(29-2)9-11-22/h4-15H,3,16-17H2,1-2H3. The topological polar surface area (TPSA) is 78.0 Å². The number of rotatable bonds is 9. The Balaban J connectivity index is 1.76. The molecule has 0 aliphatic carbocycles. The van der Waals surface area contributed by atoms with Crippen molar-refractivity contribution in [1.82, 2.24) is 4.98 Å². The first-order chi connectivity index (χ1) is 15.1. The van der Waals surface area contributed by atoms with Crippen LogP contribution in [0.4, 0.5) is 5.69 Å². The molecule has 1 heterocycles. The van der Waals surface area contributed by atoms with E-state index in [4.69, 9.17) is 14.2 Å². The molecule has 7 nitrogen and oxygen atoms in total. The van der Waals surface area contributed by atoms with Crippen LogP contribution in [0.3, 0.4) is 0 Å². The van der Waals surface area contributed by atoms with Crippen LogP contribution in [-0.4, -0.2) is 37.2 Å². The lowest BCUT2D eigenvalue weighted by Gasteiger charge is -2.23. The second-order valence-corrected chi connectivity index (χ2v) is 6.57. The largest absolute Gasteiger partial charge is 0.497 e. The van der Waals surface area contributed by atoms with E-state index in [0.29, 0.717) is 35.9 Å². The van der Waals surface area contributed by atoms with E-state index < -0.39 is 5.97 Å². The van der Waals surface area contributed by atoms with Gasteiger partial charge in [0.2, 0.25) is 0 Å². The van der Waals surface area contributed by atoms with Crippen LogP contribution in [0, 0.1) is 0 Å². The number of esters is 1. The zero-order chi connectivity index (χ0) is 22.1. The fourth-order valence-corrected chi connectivity index (χ4v) is 2.88. The summed E-state index contributed by atoms with van der Waals surface area (Å²) in [6, 6.07) is 17.4. The molecule has 1 aromatic heterocycles. The lowest BCUT2D eigenvalue weighted by atomic mass is 10.1. The van der Waals surface area contributed by atoms with Gasteiger partial charge in [0.1, 0.15) is 11.5 Å². The Bertz CT molecular complexity index is 989. The maximum atomic E-state index is 13.0. The van der Waals surface area contributed by atoms with Crippen LogP contribution >= 0.6 is 0 Å². The van der Waals surface area contributed by atoms with Gasteiger partial charge in [-0.1, -0.05) is 0 Å². The van der Waals surface area contributed by atoms with Gasteiger partial charge >= 0.3 is 5.97 Å². The molecule has 0 saturated heterocycles. The lowest BCUT2D eigenvalue weighted by molar-refractivity contribution is -0.120. The number of anilines is 1. The summed E-state index contributed by atoms with van der Waals surface area (Å²) < 4.78 is 15.8. The van der Waals surface area contributed by atoms with Crippen molar-refractivity contribution in [2.24, 2.45) is 0 Å². The van der Waals surface area contributed by atoms with Crippen molar-refractivity contribution in [3.63, 3.8) is 0 Å². The molecule has 0 bridgehead atoms. The normalized spacial score (nSPS) is 10.3. The van der Waals surface area contributed by atoms with E-state index in [1.165, 1.54) is 0 Å². The number of carbonyl (C=O) groups excluding carboxylic acids is 2. The summed E-state index contributed by atoms with van der Waals surface area (Å²) >= 11 is 0. The molecule has 0 unspecified atom stereocenters. The number of nitrogens with zero attached hydrogens (tertiary/aromatic N) is 2. The molecule has 3 aromatic rings. The average Bonchev–Trinajstić information content (AvgIpc) is 2.82. The molecule has 0 aliphatic rings. The number of methoxy groups -OCH3 is 1. The Hall–Kier alpha value is -3.87. The van der Waals surface area contributed by atoms with Crippen molar-refractivity contribution in [2.75, 3.05) is 25.2 Å². The summed E-state index contributed by atoms with van der Waals surface area (Å²) in [6.45, 7) is 2.25. The average molecular weight is 420 g/mol. The molecule has 0 aliphatic heterocycles. The van der Waals surface area contributed by atoms with Gasteiger partial charge in [0.25, 0.3) is 5.91 Å². The third-order valence-corrected chi connectivity index (χ3v) is 4.50. The summed E-state index contributed by atoms with van der Waals surface area (Å²) in [6.07, 6.45) is 3.35. The molecule has 3 rings (SSSR count). The Morgan fingerprint density at radius 1 is 0.903 bits per heavy atom. The molecule has 0 fully saturated rings. The monoisotopic (exact) mass is 420 g/mol. The van der Waals surface area contributed by atoms with E-state index in [1.807, 2.05) is 12.1 Å². The highest BCUT2D eigenvalue weighted by molar-refractivity contribution is 5.95. The first kappa shape index (κ1) is 21.8. The molecular formula is C24H24N2O5. The molecule has 31 heavy (non-hydrogen) atoms. The van der Waals surface area contributed by atoms with E-state index >= 15 is 0 Å². The van der Waals surface area contributed by atoms with Crippen LogP contribution in [0.2, 0.25) is 0 Å². The Morgan fingerprint density at radius 3 is 2.16 bits per heavy atom. The fraction of sp³-hybridized carbons (Fsp3) is 0.208. The highest BCUT2D eigenvalue weighted by atomic mass is 16.5. The van der Waals surface area contributed by atoms with Crippen molar-refractivity contribution in [2.45, 2.75) is 13.5 Å². The second-order valence-electron chi connectivity index (χ2n) is 6.57. The van der Waals surface area contributed by atoms with E-state index in [2.05, 4.69) is 4.98 Å². The van der Waals surface area contributed by atoms with Crippen molar-refractivity contribution >= 4 is 17.6 Å². The van der Waals surface area contributed by atoms with E-state index in [-0.39, 0.29) is 12.5 Å². The number of aromatic nitrogens is 1. The first-order valence-electron chi connectivity index (χ1n) is 9.84. The number of hydrogen-bond acceptors (Lipinski definition) is 6. The zero-order valence-corrected chi connectivity index (χ0v) is 17.5. The van der Waals surface area contributed by atoms with E-state index in [0.717, 1.165) is 5.56 Å². The minimum absolute atomic E-state index is 0.142. The van der Waals surface area contributed by atoms with Crippen LogP contribution in [0.1, 0.15) is 22.8 Å². The molecular weight excluding hydrogens is 396 g/mol. The van der Waals surface area contributed by atoms with Crippen molar-refractivity contribution in [3.8, 4) is 11.5 Å². The highest BCUT2D eigenvalue weighted by Crippen LogP contribution is 2.21. The van der Waals surface area contributed by atoms with Gasteiger partial charge in [0.15, 0.2) is 6.61 Å². The third kappa shape index (κ3) is 6.05. The Labute approximate surface area is 181 Å². The molecule has 2 aromatic carbocycles. The van der Waals surface area contributed by atoms with Crippen LogP contribution in [0.5, 0.6) is 11.5 Å². The number of pyridine rings is 1. The molecule has 1 amide bonds. The summed E-state index contributed by atoms with van der Waals surface area (Å²) in [5.74, 6) is 0.649. The number of carbonyl (C=O) groups is 2. The number of hydrogen-bond donors (Lipinski definition) is 0. The molecule has 0 saturated carbocycles. The molecule has 0 atom stereocenters. The number of benzene rings is 2. The van der Waals surface area contributed by atoms with E-state index in [9.17, 15) is 9.59 Å². The first-order valence-corrected chi connectivity index (χ1v) is 9.84. The van der Waals surface area contributed by atoms with Crippen LogP contribution in [0.25, 0.3) is 0 Å². The molecule has 160 valence electrons. The van der Waals surface area contributed by atoms with Crippen LogP contribution in [-0.2, 0) is 16.1 Å². The predicted molar refractivity (Wildman–Crippen MR) is 116 cm³/mol. The van der Waals surface area contributed by atoms with Crippen molar-refractivity contribution < 1.29 is 23.8 Å². The van der Waals surface area contributed by atoms with E-state index in [1.54, 1.807) is 79.9 Å². The van der Waals surface area contributed by atoms with Crippen LogP contribution in [0.15, 0.2) is 73.1 Å². The van der Waals surface area contributed by atoms with Gasteiger partial charge in [-0.2, -0.15) is 0 Å². The predicted octanol–water partition coefficient (Wildman–Crippen LogP) is 3.88. The van der Waals surface area contributed by atoms with Gasteiger partial charge in [-0.25, -0.2) is 4.79 Å². The van der Waals surface area contributed by atoms with Gasteiger partial charge in [-0.15, -0.1) is 0 Å². The van der Waals surface area contributed by atoms with Gasteiger partial charge in [0.05, 0.1) is 25.8 Å². The zero-order valence-electron chi connectivity index (χ0n) is 17.5. The second kappa shape index (κ2) is 10.8. The van der Waals surface area contributed by atoms with Crippen molar-refractivity contribution in [1.29, 1.82) is 0 Å². The SMILES string of the molecule is CCOC(=O)c1ccc(N(Cc2ccncc2)C(=O)COc2ccc(OC)cc2)cc1. The van der Waals surface area contributed by atoms with Gasteiger partial charge in [-0.3, -0.25) is 9.78 Å². The molecule has 0 spiro atoms. The van der Waals surface area contributed by atoms with Crippen LogP contribution < -0.4 is 14.4 Å². The summed E-state index contributed by atoms with van der Waals surface area (Å²) in [5.41, 5.74) is 1.99. The summed E-state index contributed by atoms with van der Waals surface area (Å²) in [4.78, 5) is 30.6. The van der Waals surface area contributed by atoms with Gasteiger partial charge in [-0.05, 0) is 73.2 Å². The molecule has 0 N–H and O–H groups in total. The quantitative estimate of drug-likeness (QED) is 0.489. The third-order valence-electron chi connectivity index (χ3n) is 4.50. The van der Waals surface area contributed by atoms with Gasteiger partial charge < -0.3 is 19.1 Å². The molecule has 7 heteroatoms. The van der Waals surface area contributed by atoms with Crippen molar-refractivity contribution in [3.05, 3.63) is 84.2 Å². The Morgan fingerprint density at radius 2 is 1.55 bits per heavy atom. The number of amides is 1. The minimum atomic E-state index is -0.399. The minimum Gasteiger partial charge on any atom is -0.497 e. The highest BCUT2D eigenvalue weighted by Gasteiger charge is 2.18. The maximum Gasteiger partial charge on any atom is 0.338 e. The maximum absolute atomic E-state index is 13.0.